The monoisotopic (exact) mass is 254 g/mol. The summed E-state index contributed by atoms with van der Waals surface area (Å²) in [5.41, 5.74) is 3.67. The van der Waals surface area contributed by atoms with Gasteiger partial charge in [0.15, 0.2) is 11.5 Å². The van der Waals surface area contributed by atoms with Crippen LogP contribution >= 0.6 is 0 Å². The number of nitrogens with two attached hydrogens (primary N) is 1. The molecule has 1 aromatic carbocycles. The zero-order valence-electron chi connectivity index (χ0n) is 11.2. The molecule has 0 fully saturated rings. The average Bonchev–Trinajstić information content (AvgIpc) is 2.42. The van der Waals surface area contributed by atoms with Gasteiger partial charge in [0.2, 0.25) is 0 Å². The topological polar surface area (TPSA) is 65.7 Å². The van der Waals surface area contributed by atoms with Crippen LogP contribution in [0.15, 0.2) is 18.2 Å². The molecule has 0 spiro atoms. The molecule has 0 aliphatic heterocycles. The van der Waals surface area contributed by atoms with Gasteiger partial charge < -0.3 is 14.2 Å². The zero-order valence-corrected chi connectivity index (χ0v) is 11.2. The van der Waals surface area contributed by atoms with Crippen LogP contribution in [-0.4, -0.2) is 27.4 Å². The molecule has 0 bridgehead atoms. The Bertz CT molecular complexity index is 358. The number of nitrogens with one attached hydrogen (secondary N) is 1. The molecule has 0 aliphatic rings. The van der Waals surface area contributed by atoms with E-state index >= 15 is 0 Å². The summed E-state index contributed by atoms with van der Waals surface area (Å²) in [5.74, 6) is 6.95. The third-order valence-electron chi connectivity index (χ3n) is 2.64. The first-order chi connectivity index (χ1) is 8.78. The van der Waals surface area contributed by atoms with Gasteiger partial charge >= 0.3 is 0 Å². The Balaban J connectivity index is 2.90. The minimum atomic E-state index is -0.124. The van der Waals surface area contributed by atoms with Crippen LogP contribution < -0.4 is 20.7 Å². The van der Waals surface area contributed by atoms with Crippen LogP contribution in [0.2, 0.25) is 0 Å². The van der Waals surface area contributed by atoms with E-state index in [1.54, 1.807) is 14.2 Å². The molecule has 1 atom stereocenters. The quantitative estimate of drug-likeness (QED) is 0.419. The van der Waals surface area contributed by atoms with Crippen molar-refractivity contribution in [2.24, 2.45) is 5.84 Å². The Morgan fingerprint density at radius 3 is 2.61 bits per heavy atom. The Morgan fingerprint density at radius 1 is 1.28 bits per heavy atom. The molecule has 0 amide bonds. The highest BCUT2D eigenvalue weighted by molar-refractivity contribution is 5.48. The Labute approximate surface area is 108 Å². The third-order valence-corrected chi connectivity index (χ3v) is 2.64. The summed E-state index contributed by atoms with van der Waals surface area (Å²) < 4.78 is 16.2. The van der Waals surface area contributed by atoms with Gasteiger partial charge in [0, 0.05) is 12.2 Å². The van der Waals surface area contributed by atoms with Gasteiger partial charge in [-0.15, -0.1) is 0 Å². The molecule has 0 aromatic heterocycles. The van der Waals surface area contributed by atoms with E-state index in [0.29, 0.717) is 24.7 Å². The lowest BCUT2D eigenvalue weighted by atomic mass is 10.1. The summed E-state index contributed by atoms with van der Waals surface area (Å²) >= 11 is 0. The summed E-state index contributed by atoms with van der Waals surface area (Å²) in [6, 6.07) is 5.58. The molecule has 0 aliphatic carbocycles. The lowest BCUT2D eigenvalue weighted by Crippen LogP contribution is -2.31. The van der Waals surface area contributed by atoms with Crippen molar-refractivity contribution < 1.29 is 14.2 Å². The second-order valence-corrected chi connectivity index (χ2v) is 3.88. The first-order valence-electron chi connectivity index (χ1n) is 6.03. The van der Waals surface area contributed by atoms with Crippen molar-refractivity contribution in [3.8, 4) is 11.5 Å². The third kappa shape index (κ3) is 3.60. The van der Waals surface area contributed by atoms with E-state index in [1.165, 1.54) is 0 Å². The molecule has 0 radical (unpaired) electrons. The number of methoxy groups -OCH3 is 2. The summed E-state index contributed by atoms with van der Waals surface area (Å²) in [4.78, 5) is 0. The van der Waals surface area contributed by atoms with Crippen molar-refractivity contribution in [3.05, 3.63) is 23.8 Å². The fraction of sp³-hybridized carbons (Fsp3) is 0.538. The normalized spacial score (nSPS) is 12.2. The maximum atomic E-state index is 5.58. The number of benzene rings is 1. The van der Waals surface area contributed by atoms with E-state index in [0.717, 1.165) is 12.0 Å². The van der Waals surface area contributed by atoms with Crippen molar-refractivity contribution >= 4 is 0 Å². The molecule has 0 saturated heterocycles. The highest BCUT2D eigenvalue weighted by Gasteiger charge is 2.18. The van der Waals surface area contributed by atoms with E-state index in [2.05, 4.69) is 12.3 Å². The number of para-hydroxylation sites is 1. The molecule has 5 heteroatoms. The van der Waals surface area contributed by atoms with Crippen LogP contribution in [0.4, 0.5) is 0 Å². The molecule has 5 nitrogen and oxygen atoms in total. The van der Waals surface area contributed by atoms with Crippen LogP contribution in [0, 0.1) is 0 Å². The van der Waals surface area contributed by atoms with Crippen molar-refractivity contribution in [3.63, 3.8) is 0 Å². The number of hydrogen-bond donors (Lipinski definition) is 2. The van der Waals surface area contributed by atoms with Gasteiger partial charge in [-0.1, -0.05) is 19.1 Å². The minimum Gasteiger partial charge on any atom is -0.493 e. The summed E-state index contributed by atoms with van der Waals surface area (Å²) in [7, 11) is 3.22. The van der Waals surface area contributed by atoms with Crippen molar-refractivity contribution in [2.75, 3.05) is 27.4 Å². The van der Waals surface area contributed by atoms with E-state index in [1.807, 2.05) is 18.2 Å². The zero-order chi connectivity index (χ0) is 13.4. The number of rotatable bonds is 8. The predicted molar refractivity (Wildman–Crippen MR) is 70.7 cm³/mol. The molecule has 1 rings (SSSR count). The van der Waals surface area contributed by atoms with Gasteiger partial charge in [-0.2, -0.15) is 0 Å². The predicted octanol–water partition coefficient (Wildman–Crippen LogP) is 1.63. The van der Waals surface area contributed by atoms with Gasteiger partial charge in [0.05, 0.1) is 26.9 Å². The Kier molecular flexibility index (Phi) is 6.49. The first-order valence-corrected chi connectivity index (χ1v) is 6.03. The molecule has 0 saturated carbocycles. The molecular weight excluding hydrogens is 232 g/mol. The SMILES string of the molecule is CCCOCC(NN)c1cccc(OC)c1OC. The van der Waals surface area contributed by atoms with Gasteiger partial charge in [0.25, 0.3) is 0 Å². The van der Waals surface area contributed by atoms with Crippen molar-refractivity contribution in [1.29, 1.82) is 0 Å². The van der Waals surface area contributed by atoms with E-state index in [9.17, 15) is 0 Å². The van der Waals surface area contributed by atoms with Crippen LogP contribution in [0.25, 0.3) is 0 Å². The summed E-state index contributed by atoms with van der Waals surface area (Å²) in [6.45, 7) is 3.27. The molecule has 1 aromatic rings. The van der Waals surface area contributed by atoms with E-state index < -0.39 is 0 Å². The van der Waals surface area contributed by atoms with Crippen molar-refractivity contribution in [2.45, 2.75) is 19.4 Å². The van der Waals surface area contributed by atoms with Gasteiger partial charge in [-0.3, -0.25) is 11.3 Å². The molecule has 3 N–H and O–H groups in total. The van der Waals surface area contributed by atoms with E-state index in [4.69, 9.17) is 20.1 Å². The van der Waals surface area contributed by atoms with E-state index in [-0.39, 0.29) is 6.04 Å². The van der Waals surface area contributed by atoms with Crippen LogP contribution in [0.3, 0.4) is 0 Å². The maximum absolute atomic E-state index is 5.58. The Hall–Kier alpha value is -1.30. The van der Waals surface area contributed by atoms with Gasteiger partial charge in [-0.05, 0) is 12.5 Å². The first kappa shape index (κ1) is 14.8. The number of ether oxygens (including phenoxy) is 3. The molecule has 0 heterocycles. The van der Waals surface area contributed by atoms with Crippen molar-refractivity contribution in [1.82, 2.24) is 5.43 Å². The minimum absolute atomic E-state index is 0.124. The molecule has 18 heavy (non-hydrogen) atoms. The lowest BCUT2D eigenvalue weighted by Gasteiger charge is -2.20. The van der Waals surface area contributed by atoms with Crippen LogP contribution in [0.5, 0.6) is 11.5 Å². The maximum Gasteiger partial charge on any atom is 0.165 e. The Morgan fingerprint density at radius 2 is 2.06 bits per heavy atom. The summed E-state index contributed by atoms with van der Waals surface area (Å²) in [5, 5.41) is 0. The second kappa shape index (κ2) is 7.92. The smallest absolute Gasteiger partial charge is 0.165 e. The fourth-order valence-electron chi connectivity index (χ4n) is 1.76. The average molecular weight is 254 g/mol. The number of hydrazine groups is 1. The largest absolute Gasteiger partial charge is 0.493 e. The van der Waals surface area contributed by atoms with Gasteiger partial charge in [-0.25, -0.2) is 0 Å². The molecule has 102 valence electrons. The summed E-state index contributed by atoms with van der Waals surface area (Å²) in [6.07, 6.45) is 0.979. The highest BCUT2D eigenvalue weighted by Crippen LogP contribution is 2.34. The molecule has 1 unspecified atom stereocenters. The fourth-order valence-corrected chi connectivity index (χ4v) is 1.76. The van der Waals surface area contributed by atoms with Gasteiger partial charge in [0.1, 0.15) is 0 Å². The van der Waals surface area contributed by atoms with Crippen LogP contribution in [-0.2, 0) is 4.74 Å². The highest BCUT2D eigenvalue weighted by atomic mass is 16.5. The lowest BCUT2D eigenvalue weighted by molar-refractivity contribution is 0.111. The van der Waals surface area contributed by atoms with Crippen LogP contribution in [0.1, 0.15) is 24.9 Å². The second-order valence-electron chi connectivity index (χ2n) is 3.88. The molecular formula is C13H22N2O3. The number of hydrogen-bond acceptors (Lipinski definition) is 5. The standard InChI is InChI=1S/C13H22N2O3/c1-4-8-18-9-11(15-14)10-6-5-7-12(16-2)13(10)17-3/h5-7,11,15H,4,8-9,14H2,1-3H3.